The van der Waals surface area contributed by atoms with Crippen molar-refractivity contribution >= 4 is 0 Å². The number of aryl methyl sites for hydroxylation is 1. The van der Waals surface area contributed by atoms with Gasteiger partial charge in [0.15, 0.2) is 0 Å². The van der Waals surface area contributed by atoms with Crippen LogP contribution >= 0.6 is 0 Å². The zero-order valence-corrected chi connectivity index (χ0v) is 11.9. The van der Waals surface area contributed by atoms with Gasteiger partial charge in [-0.25, -0.2) is 0 Å². The van der Waals surface area contributed by atoms with E-state index >= 15 is 0 Å². The molecule has 0 spiro atoms. The van der Waals surface area contributed by atoms with E-state index in [0.29, 0.717) is 6.04 Å². The average Bonchev–Trinajstić information content (AvgIpc) is 3.19. The minimum Gasteiger partial charge on any atom is -0.309 e. The van der Waals surface area contributed by atoms with Crippen LogP contribution in [0.15, 0.2) is 24.3 Å². The van der Waals surface area contributed by atoms with Crippen molar-refractivity contribution in [2.45, 2.75) is 45.2 Å². The second kappa shape index (κ2) is 6.35. The summed E-state index contributed by atoms with van der Waals surface area (Å²) in [6, 6.07) is 10.3. The molecule has 0 bridgehead atoms. The van der Waals surface area contributed by atoms with E-state index in [4.69, 9.17) is 0 Å². The van der Waals surface area contributed by atoms with Crippen LogP contribution in [0.4, 0.5) is 0 Å². The predicted molar refractivity (Wildman–Crippen MR) is 77.9 cm³/mol. The molecule has 1 aromatic carbocycles. The van der Waals surface area contributed by atoms with Gasteiger partial charge in [-0.1, -0.05) is 36.8 Å². The van der Waals surface area contributed by atoms with Gasteiger partial charge < -0.3 is 10.2 Å². The number of benzene rings is 1. The molecule has 0 radical (unpaired) electrons. The summed E-state index contributed by atoms with van der Waals surface area (Å²) in [5.74, 6) is 0. The number of hydrogen-bond donors (Lipinski definition) is 1. The molecule has 2 nitrogen and oxygen atoms in total. The van der Waals surface area contributed by atoms with Crippen molar-refractivity contribution in [2.75, 3.05) is 20.1 Å². The van der Waals surface area contributed by atoms with Crippen molar-refractivity contribution < 1.29 is 0 Å². The van der Waals surface area contributed by atoms with E-state index < -0.39 is 0 Å². The lowest BCUT2D eigenvalue weighted by molar-refractivity contribution is 0.281. The Hall–Kier alpha value is -0.860. The third kappa shape index (κ3) is 3.82. The first kappa shape index (κ1) is 13.6. The Labute approximate surface area is 111 Å². The lowest BCUT2D eigenvalue weighted by Gasteiger charge is -2.25. The Kier molecular flexibility index (Phi) is 4.79. The van der Waals surface area contributed by atoms with E-state index in [2.05, 4.69) is 55.4 Å². The molecule has 1 atom stereocenters. The standard InChI is InChI=1S/C16H26N2/c1-4-11-17-16(12-18(3)15-9-10-15)14-7-5-13(2)6-8-14/h5-8,15-17H,4,9-12H2,1-3H3. The predicted octanol–water partition coefficient (Wildman–Crippen LogP) is 3.13. The largest absolute Gasteiger partial charge is 0.309 e. The van der Waals surface area contributed by atoms with E-state index in [1.54, 1.807) is 0 Å². The van der Waals surface area contributed by atoms with Crippen LogP contribution < -0.4 is 5.32 Å². The fourth-order valence-electron chi connectivity index (χ4n) is 2.36. The molecule has 1 aliphatic carbocycles. The van der Waals surface area contributed by atoms with Crippen molar-refractivity contribution in [1.29, 1.82) is 0 Å². The summed E-state index contributed by atoms with van der Waals surface area (Å²) in [5, 5.41) is 3.68. The van der Waals surface area contributed by atoms with Gasteiger partial charge in [0.2, 0.25) is 0 Å². The van der Waals surface area contributed by atoms with Gasteiger partial charge in [-0.15, -0.1) is 0 Å². The quantitative estimate of drug-likeness (QED) is 0.795. The summed E-state index contributed by atoms with van der Waals surface area (Å²) in [5.41, 5.74) is 2.75. The van der Waals surface area contributed by atoms with Gasteiger partial charge in [0.25, 0.3) is 0 Å². The van der Waals surface area contributed by atoms with Crippen molar-refractivity contribution in [1.82, 2.24) is 10.2 Å². The van der Waals surface area contributed by atoms with Crippen LogP contribution in [-0.4, -0.2) is 31.1 Å². The summed E-state index contributed by atoms with van der Waals surface area (Å²) in [6.45, 7) is 6.59. The Morgan fingerprint density at radius 3 is 2.50 bits per heavy atom. The highest BCUT2D eigenvalue weighted by Gasteiger charge is 2.27. The van der Waals surface area contributed by atoms with Crippen molar-refractivity contribution in [3.05, 3.63) is 35.4 Å². The summed E-state index contributed by atoms with van der Waals surface area (Å²) < 4.78 is 0. The highest BCUT2D eigenvalue weighted by molar-refractivity contribution is 5.24. The molecular weight excluding hydrogens is 220 g/mol. The van der Waals surface area contributed by atoms with Gasteiger partial charge in [0.1, 0.15) is 0 Å². The molecule has 0 amide bonds. The van der Waals surface area contributed by atoms with Gasteiger partial charge >= 0.3 is 0 Å². The van der Waals surface area contributed by atoms with E-state index in [1.807, 2.05) is 0 Å². The molecule has 18 heavy (non-hydrogen) atoms. The molecule has 2 rings (SSSR count). The van der Waals surface area contributed by atoms with Crippen LogP contribution in [0.3, 0.4) is 0 Å². The van der Waals surface area contributed by atoms with Gasteiger partial charge in [0.05, 0.1) is 0 Å². The average molecular weight is 246 g/mol. The molecule has 1 unspecified atom stereocenters. The van der Waals surface area contributed by atoms with Crippen LogP contribution in [0.1, 0.15) is 43.4 Å². The van der Waals surface area contributed by atoms with Crippen LogP contribution in [-0.2, 0) is 0 Å². The molecule has 1 aliphatic rings. The first-order valence-corrected chi connectivity index (χ1v) is 7.21. The third-order valence-corrected chi connectivity index (χ3v) is 3.76. The SMILES string of the molecule is CCCNC(CN(C)C1CC1)c1ccc(C)cc1. The lowest BCUT2D eigenvalue weighted by atomic mass is 10.0. The molecule has 2 heteroatoms. The van der Waals surface area contributed by atoms with Crippen molar-refractivity contribution in [2.24, 2.45) is 0 Å². The zero-order chi connectivity index (χ0) is 13.0. The van der Waals surface area contributed by atoms with Gasteiger partial charge in [0, 0.05) is 18.6 Å². The molecule has 1 aromatic rings. The fraction of sp³-hybridized carbons (Fsp3) is 0.625. The maximum Gasteiger partial charge on any atom is 0.0449 e. The molecule has 1 fully saturated rings. The summed E-state index contributed by atoms with van der Waals surface area (Å²) in [6.07, 6.45) is 3.95. The number of rotatable bonds is 7. The zero-order valence-electron chi connectivity index (χ0n) is 11.9. The molecular formula is C16H26N2. The first-order valence-electron chi connectivity index (χ1n) is 7.21. The highest BCUT2D eigenvalue weighted by Crippen LogP contribution is 2.27. The number of likely N-dealkylation sites (N-methyl/N-ethyl adjacent to an activating group) is 1. The minimum atomic E-state index is 0.469. The Morgan fingerprint density at radius 2 is 1.94 bits per heavy atom. The smallest absolute Gasteiger partial charge is 0.0449 e. The van der Waals surface area contributed by atoms with Crippen molar-refractivity contribution in [3.8, 4) is 0 Å². The molecule has 100 valence electrons. The van der Waals surface area contributed by atoms with Crippen LogP contribution in [0.2, 0.25) is 0 Å². The maximum atomic E-state index is 3.68. The Balaban J connectivity index is 2.00. The van der Waals surface area contributed by atoms with Crippen LogP contribution in [0.5, 0.6) is 0 Å². The van der Waals surface area contributed by atoms with Crippen LogP contribution in [0, 0.1) is 6.92 Å². The Morgan fingerprint density at radius 1 is 1.28 bits per heavy atom. The monoisotopic (exact) mass is 246 g/mol. The molecule has 0 aliphatic heterocycles. The molecule has 0 aromatic heterocycles. The van der Waals surface area contributed by atoms with E-state index in [1.165, 1.54) is 30.4 Å². The van der Waals surface area contributed by atoms with E-state index in [-0.39, 0.29) is 0 Å². The van der Waals surface area contributed by atoms with Crippen molar-refractivity contribution in [3.63, 3.8) is 0 Å². The highest BCUT2D eigenvalue weighted by atomic mass is 15.2. The number of nitrogens with zero attached hydrogens (tertiary/aromatic N) is 1. The number of hydrogen-bond acceptors (Lipinski definition) is 2. The number of nitrogens with one attached hydrogen (secondary N) is 1. The second-order valence-electron chi connectivity index (χ2n) is 5.59. The molecule has 0 saturated heterocycles. The van der Waals surface area contributed by atoms with Gasteiger partial charge in [-0.05, 0) is 45.3 Å². The maximum absolute atomic E-state index is 3.68. The van der Waals surface area contributed by atoms with Gasteiger partial charge in [-0.3, -0.25) is 0 Å². The van der Waals surface area contributed by atoms with Gasteiger partial charge in [-0.2, -0.15) is 0 Å². The minimum absolute atomic E-state index is 0.469. The third-order valence-electron chi connectivity index (χ3n) is 3.76. The molecule has 1 saturated carbocycles. The normalized spacial score (nSPS) is 17.1. The van der Waals surface area contributed by atoms with E-state index in [0.717, 1.165) is 19.1 Å². The summed E-state index contributed by atoms with van der Waals surface area (Å²) in [7, 11) is 2.26. The second-order valence-corrected chi connectivity index (χ2v) is 5.59. The molecule has 0 heterocycles. The van der Waals surface area contributed by atoms with E-state index in [9.17, 15) is 0 Å². The first-order chi connectivity index (χ1) is 8.70. The summed E-state index contributed by atoms with van der Waals surface area (Å²) in [4.78, 5) is 2.51. The topological polar surface area (TPSA) is 15.3 Å². The van der Waals surface area contributed by atoms with Crippen LogP contribution in [0.25, 0.3) is 0 Å². The Bertz CT molecular complexity index is 354. The fourth-order valence-corrected chi connectivity index (χ4v) is 2.36. The molecule has 1 N–H and O–H groups in total. The lowest BCUT2D eigenvalue weighted by Crippen LogP contribution is -2.34. The summed E-state index contributed by atoms with van der Waals surface area (Å²) >= 11 is 0.